The Bertz CT molecular complexity index is 664. The Kier molecular flexibility index (Phi) is 6.73. The van der Waals surface area contributed by atoms with Gasteiger partial charge in [0.05, 0.1) is 0 Å². The van der Waals surface area contributed by atoms with Crippen molar-refractivity contribution >= 4 is 0 Å². The SMILES string of the molecule is C=CCOc1ccc(OC(CCN(C)Cc2ccccc2)C2CC2)cc1. The summed E-state index contributed by atoms with van der Waals surface area (Å²) < 4.78 is 11.8. The first-order valence-corrected chi connectivity index (χ1v) is 9.47. The number of ether oxygens (including phenoxy) is 2. The quantitative estimate of drug-likeness (QED) is 0.536. The van der Waals surface area contributed by atoms with Crippen LogP contribution in [0.25, 0.3) is 0 Å². The molecule has 1 atom stereocenters. The van der Waals surface area contributed by atoms with Crippen molar-refractivity contribution in [2.45, 2.75) is 31.9 Å². The molecule has 0 heterocycles. The van der Waals surface area contributed by atoms with Gasteiger partial charge in [-0.1, -0.05) is 43.0 Å². The minimum Gasteiger partial charge on any atom is -0.490 e. The van der Waals surface area contributed by atoms with Gasteiger partial charge in [0.2, 0.25) is 0 Å². The van der Waals surface area contributed by atoms with Crippen LogP contribution in [-0.4, -0.2) is 31.2 Å². The molecule has 138 valence electrons. The third kappa shape index (κ3) is 5.92. The van der Waals surface area contributed by atoms with Gasteiger partial charge >= 0.3 is 0 Å². The largest absolute Gasteiger partial charge is 0.490 e. The van der Waals surface area contributed by atoms with Crippen LogP contribution < -0.4 is 9.47 Å². The van der Waals surface area contributed by atoms with Crippen molar-refractivity contribution in [3.05, 3.63) is 72.8 Å². The second kappa shape index (κ2) is 9.44. The lowest BCUT2D eigenvalue weighted by Gasteiger charge is -2.23. The topological polar surface area (TPSA) is 21.7 Å². The zero-order valence-electron chi connectivity index (χ0n) is 15.6. The zero-order valence-corrected chi connectivity index (χ0v) is 15.6. The lowest BCUT2D eigenvalue weighted by molar-refractivity contribution is 0.149. The summed E-state index contributed by atoms with van der Waals surface area (Å²) in [5.41, 5.74) is 1.36. The smallest absolute Gasteiger partial charge is 0.120 e. The van der Waals surface area contributed by atoms with Gasteiger partial charge in [-0.05, 0) is 62.1 Å². The maximum absolute atomic E-state index is 6.30. The molecule has 2 aromatic carbocycles. The van der Waals surface area contributed by atoms with Crippen LogP contribution >= 0.6 is 0 Å². The second-order valence-corrected chi connectivity index (χ2v) is 7.08. The van der Waals surface area contributed by atoms with E-state index in [-0.39, 0.29) is 0 Å². The van der Waals surface area contributed by atoms with Gasteiger partial charge in [0.25, 0.3) is 0 Å². The third-order valence-corrected chi connectivity index (χ3v) is 4.72. The lowest BCUT2D eigenvalue weighted by Crippen LogP contribution is -2.27. The number of hydrogen-bond donors (Lipinski definition) is 0. The van der Waals surface area contributed by atoms with Gasteiger partial charge < -0.3 is 14.4 Å². The van der Waals surface area contributed by atoms with Crippen molar-refractivity contribution in [1.82, 2.24) is 4.90 Å². The Labute approximate surface area is 157 Å². The first-order valence-electron chi connectivity index (χ1n) is 9.47. The molecular formula is C23H29NO2. The molecule has 26 heavy (non-hydrogen) atoms. The van der Waals surface area contributed by atoms with Gasteiger partial charge in [-0.3, -0.25) is 0 Å². The normalized spacial score (nSPS) is 14.8. The number of hydrogen-bond acceptors (Lipinski definition) is 3. The van der Waals surface area contributed by atoms with Gasteiger partial charge in [-0.25, -0.2) is 0 Å². The second-order valence-electron chi connectivity index (χ2n) is 7.08. The van der Waals surface area contributed by atoms with E-state index in [2.05, 4.69) is 48.9 Å². The van der Waals surface area contributed by atoms with E-state index in [1.54, 1.807) is 6.08 Å². The first-order chi connectivity index (χ1) is 12.7. The zero-order chi connectivity index (χ0) is 18.2. The lowest BCUT2D eigenvalue weighted by atomic mass is 10.1. The molecule has 1 unspecified atom stereocenters. The molecule has 1 saturated carbocycles. The van der Waals surface area contributed by atoms with Crippen molar-refractivity contribution in [2.75, 3.05) is 20.2 Å². The van der Waals surface area contributed by atoms with E-state index >= 15 is 0 Å². The molecule has 3 nitrogen and oxygen atoms in total. The Balaban J connectivity index is 1.49. The predicted octanol–water partition coefficient (Wildman–Crippen LogP) is 4.93. The van der Waals surface area contributed by atoms with Crippen LogP contribution in [0.1, 0.15) is 24.8 Å². The molecule has 0 aliphatic heterocycles. The minimum absolute atomic E-state index is 0.299. The molecule has 0 spiro atoms. The van der Waals surface area contributed by atoms with Crippen molar-refractivity contribution in [3.63, 3.8) is 0 Å². The highest BCUT2D eigenvalue weighted by atomic mass is 16.5. The van der Waals surface area contributed by atoms with E-state index in [1.807, 2.05) is 24.3 Å². The van der Waals surface area contributed by atoms with Crippen molar-refractivity contribution in [2.24, 2.45) is 5.92 Å². The molecule has 0 bridgehead atoms. The fraction of sp³-hybridized carbons (Fsp3) is 0.391. The van der Waals surface area contributed by atoms with Crippen LogP contribution in [0.4, 0.5) is 0 Å². The van der Waals surface area contributed by atoms with Gasteiger partial charge in [0.1, 0.15) is 24.2 Å². The summed E-state index contributed by atoms with van der Waals surface area (Å²) in [5, 5.41) is 0. The van der Waals surface area contributed by atoms with Crippen molar-refractivity contribution in [1.29, 1.82) is 0 Å². The van der Waals surface area contributed by atoms with E-state index in [1.165, 1.54) is 18.4 Å². The number of nitrogens with zero attached hydrogens (tertiary/aromatic N) is 1. The Morgan fingerprint density at radius 3 is 2.42 bits per heavy atom. The highest BCUT2D eigenvalue weighted by molar-refractivity contribution is 5.31. The Morgan fingerprint density at radius 2 is 1.77 bits per heavy atom. The molecule has 0 radical (unpaired) electrons. The van der Waals surface area contributed by atoms with Crippen LogP contribution in [-0.2, 0) is 6.54 Å². The van der Waals surface area contributed by atoms with E-state index in [4.69, 9.17) is 9.47 Å². The fourth-order valence-corrected chi connectivity index (χ4v) is 3.13. The maximum atomic E-state index is 6.30. The molecule has 0 aromatic heterocycles. The molecular weight excluding hydrogens is 322 g/mol. The van der Waals surface area contributed by atoms with Crippen LogP contribution in [0.3, 0.4) is 0 Å². The molecule has 3 heteroatoms. The summed E-state index contributed by atoms with van der Waals surface area (Å²) in [6.45, 7) is 6.21. The molecule has 3 rings (SSSR count). The minimum atomic E-state index is 0.299. The molecule has 1 fully saturated rings. The third-order valence-electron chi connectivity index (χ3n) is 4.72. The summed E-state index contributed by atoms with van der Waals surface area (Å²) in [6, 6.07) is 18.6. The standard InChI is InChI=1S/C23H29NO2/c1-3-17-25-21-11-13-22(14-12-21)26-23(20-9-10-20)15-16-24(2)18-19-7-5-4-6-8-19/h3-8,11-14,20,23H,1,9-10,15-18H2,2H3. The summed E-state index contributed by atoms with van der Waals surface area (Å²) in [4.78, 5) is 2.38. The Hall–Kier alpha value is -2.26. The molecule has 0 amide bonds. The number of rotatable bonds is 11. The maximum Gasteiger partial charge on any atom is 0.120 e. The monoisotopic (exact) mass is 351 g/mol. The van der Waals surface area contributed by atoms with Crippen LogP contribution in [0.5, 0.6) is 11.5 Å². The van der Waals surface area contributed by atoms with E-state index in [9.17, 15) is 0 Å². The number of benzene rings is 2. The summed E-state index contributed by atoms with van der Waals surface area (Å²) in [7, 11) is 2.18. The van der Waals surface area contributed by atoms with E-state index < -0.39 is 0 Å². The highest BCUT2D eigenvalue weighted by Crippen LogP contribution is 2.36. The van der Waals surface area contributed by atoms with Gasteiger partial charge in [-0.2, -0.15) is 0 Å². The molecule has 1 aliphatic rings. The fourth-order valence-electron chi connectivity index (χ4n) is 3.13. The Morgan fingerprint density at radius 1 is 1.08 bits per heavy atom. The van der Waals surface area contributed by atoms with Gasteiger partial charge in [0, 0.05) is 13.1 Å². The summed E-state index contributed by atoms with van der Waals surface area (Å²) >= 11 is 0. The van der Waals surface area contributed by atoms with Gasteiger partial charge in [-0.15, -0.1) is 0 Å². The van der Waals surface area contributed by atoms with Crippen molar-refractivity contribution in [3.8, 4) is 11.5 Å². The average Bonchev–Trinajstić information content (AvgIpc) is 3.50. The first kappa shape index (κ1) is 18.5. The molecule has 0 N–H and O–H groups in total. The van der Waals surface area contributed by atoms with Crippen LogP contribution in [0, 0.1) is 5.92 Å². The summed E-state index contributed by atoms with van der Waals surface area (Å²) in [5.74, 6) is 2.48. The van der Waals surface area contributed by atoms with E-state index in [0.29, 0.717) is 18.6 Å². The average molecular weight is 351 g/mol. The van der Waals surface area contributed by atoms with Crippen molar-refractivity contribution < 1.29 is 9.47 Å². The highest BCUT2D eigenvalue weighted by Gasteiger charge is 2.32. The molecule has 1 aliphatic carbocycles. The van der Waals surface area contributed by atoms with E-state index in [0.717, 1.165) is 31.0 Å². The summed E-state index contributed by atoms with van der Waals surface area (Å²) in [6.07, 6.45) is 5.68. The van der Waals surface area contributed by atoms with Gasteiger partial charge in [0.15, 0.2) is 0 Å². The molecule has 2 aromatic rings. The predicted molar refractivity (Wildman–Crippen MR) is 107 cm³/mol. The van der Waals surface area contributed by atoms with Crippen LogP contribution in [0.15, 0.2) is 67.3 Å². The van der Waals surface area contributed by atoms with Crippen LogP contribution in [0.2, 0.25) is 0 Å². The molecule has 0 saturated heterocycles.